The maximum atomic E-state index is 11.7. The Bertz CT molecular complexity index is 432. The summed E-state index contributed by atoms with van der Waals surface area (Å²) in [6.45, 7) is 2.67. The van der Waals surface area contributed by atoms with E-state index in [1.807, 2.05) is 19.1 Å². The fourth-order valence-electron chi connectivity index (χ4n) is 2.10. The van der Waals surface area contributed by atoms with Crippen molar-refractivity contribution >= 4 is 11.6 Å². The summed E-state index contributed by atoms with van der Waals surface area (Å²) in [5.41, 5.74) is 7.47. The van der Waals surface area contributed by atoms with Crippen molar-refractivity contribution in [1.82, 2.24) is 0 Å². The summed E-state index contributed by atoms with van der Waals surface area (Å²) in [5.74, 6) is 0.716. The number of benzene rings is 1. The number of hydrogen-bond acceptors (Lipinski definition) is 3. The fraction of sp³-hybridized carbons (Fsp3) is 0.500. The molecule has 4 heteroatoms. The summed E-state index contributed by atoms with van der Waals surface area (Å²) in [6, 6.07) is 5.99. The molecule has 0 aliphatic carbocycles. The number of nitrogens with two attached hydrogens (primary N) is 1. The largest absolute Gasteiger partial charge is 0.478 e. The highest BCUT2D eigenvalue weighted by molar-refractivity contribution is 5.97. The van der Waals surface area contributed by atoms with Crippen molar-refractivity contribution in [3.05, 3.63) is 23.8 Å². The number of aryl methyl sites for hydroxylation is 1. The maximum absolute atomic E-state index is 11.7. The third kappa shape index (κ3) is 2.82. The van der Waals surface area contributed by atoms with Crippen LogP contribution in [0.4, 0.5) is 5.69 Å². The van der Waals surface area contributed by atoms with Crippen LogP contribution in [0.3, 0.4) is 0 Å². The Labute approximate surface area is 108 Å². The number of amides is 1. The van der Waals surface area contributed by atoms with Crippen molar-refractivity contribution in [3.8, 4) is 5.75 Å². The minimum Gasteiger partial charge on any atom is -0.478 e. The van der Waals surface area contributed by atoms with E-state index in [4.69, 9.17) is 10.5 Å². The van der Waals surface area contributed by atoms with Crippen molar-refractivity contribution in [2.45, 2.75) is 38.7 Å². The number of fused-ring (bicyclic) bond motifs is 1. The second-order valence-corrected chi connectivity index (χ2v) is 4.58. The van der Waals surface area contributed by atoms with Crippen LogP contribution in [-0.2, 0) is 11.2 Å². The van der Waals surface area contributed by atoms with Crippen LogP contribution >= 0.6 is 0 Å². The third-order valence-electron chi connectivity index (χ3n) is 3.15. The molecule has 1 heterocycles. The Morgan fingerprint density at radius 2 is 2.22 bits per heavy atom. The monoisotopic (exact) mass is 248 g/mol. The predicted molar refractivity (Wildman–Crippen MR) is 71.8 cm³/mol. The molecule has 1 atom stereocenters. The molecule has 1 aliphatic rings. The van der Waals surface area contributed by atoms with Gasteiger partial charge in [-0.3, -0.25) is 4.79 Å². The van der Waals surface area contributed by atoms with Crippen molar-refractivity contribution in [2.24, 2.45) is 5.73 Å². The number of carbonyl (C=O) groups is 1. The molecule has 4 nitrogen and oxygen atoms in total. The van der Waals surface area contributed by atoms with Gasteiger partial charge in [-0.1, -0.05) is 13.0 Å². The van der Waals surface area contributed by atoms with Gasteiger partial charge in [0, 0.05) is 0 Å². The zero-order valence-corrected chi connectivity index (χ0v) is 10.7. The minimum atomic E-state index is -0.361. The number of nitrogens with one attached hydrogen (secondary N) is 1. The van der Waals surface area contributed by atoms with Gasteiger partial charge >= 0.3 is 0 Å². The average molecular weight is 248 g/mol. The first-order valence-electron chi connectivity index (χ1n) is 6.55. The Balaban J connectivity index is 2.08. The minimum absolute atomic E-state index is 0.0518. The lowest BCUT2D eigenvalue weighted by molar-refractivity contribution is -0.123. The lowest BCUT2D eigenvalue weighted by Crippen LogP contribution is -2.36. The molecular formula is C14H20N2O2. The molecule has 0 radical (unpaired) electrons. The molecule has 0 aromatic heterocycles. The molecule has 1 amide bonds. The van der Waals surface area contributed by atoms with Gasteiger partial charge in [0.2, 0.25) is 0 Å². The SMILES string of the molecule is CCC1Oc2ccc(CCCCN)cc2NC1=O. The second kappa shape index (κ2) is 5.87. The third-order valence-corrected chi connectivity index (χ3v) is 3.15. The van der Waals surface area contributed by atoms with Gasteiger partial charge < -0.3 is 15.8 Å². The van der Waals surface area contributed by atoms with Crippen molar-refractivity contribution in [2.75, 3.05) is 11.9 Å². The highest BCUT2D eigenvalue weighted by Crippen LogP contribution is 2.31. The zero-order chi connectivity index (χ0) is 13.0. The molecule has 2 rings (SSSR count). The van der Waals surface area contributed by atoms with E-state index in [2.05, 4.69) is 11.4 Å². The molecule has 0 spiro atoms. The molecule has 0 saturated heterocycles. The molecule has 1 unspecified atom stereocenters. The first kappa shape index (κ1) is 12.9. The summed E-state index contributed by atoms with van der Waals surface area (Å²) in [7, 11) is 0. The highest BCUT2D eigenvalue weighted by Gasteiger charge is 2.25. The number of ether oxygens (including phenoxy) is 1. The van der Waals surface area contributed by atoms with Crippen molar-refractivity contribution in [3.63, 3.8) is 0 Å². The number of hydrogen-bond donors (Lipinski definition) is 2. The first-order chi connectivity index (χ1) is 8.74. The van der Waals surface area contributed by atoms with Crippen LogP contribution in [0, 0.1) is 0 Å². The number of unbranched alkanes of at least 4 members (excludes halogenated alkanes) is 1. The van der Waals surface area contributed by atoms with Gasteiger partial charge in [0.1, 0.15) is 5.75 Å². The lowest BCUT2D eigenvalue weighted by atomic mass is 10.1. The van der Waals surface area contributed by atoms with Crippen LogP contribution in [0.15, 0.2) is 18.2 Å². The van der Waals surface area contributed by atoms with E-state index in [0.29, 0.717) is 6.42 Å². The maximum Gasteiger partial charge on any atom is 0.265 e. The van der Waals surface area contributed by atoms with Gasteiger partial charge in [-0.25, -0.2) is 0 Å². The van der Waals surface area contributed by atoms with Crippen molar-refractivity contribution < 1.29 is 9.53 Å². The number of rotatable bonds is 5. The summed E-state index contributed by atoms with van der Waals surface area (Å²) < 4.78 is 5.64. The number of carbonyl (C=O) groups excluding carboxylic acids is 1. The molecule has 98 valence electrons. The normalized spacial score (nSPS) is 17.9. The standard InChI is InChI=1S/C14H20N2O2/c1-2-12-14(17)16-11-9-10(5-3-4-8-15)6-7-13(11)18-12/h6-7,9,12H,2-5,8,15H2,1H3,(H,16,17). The van der Waals surface area contributed by atoms with Gasteiger partial charge in [0.05, 0.1) is 5.69 Å². The highest BCUT2D eigenvalue weighted by atomic mass is 16.5. The van der Waals surface area contributed by atoms with E-state index >= 15 is 0 Å². The van der Waals surface area contributed by atoms with E-state index in [9.17, 15) is 4.79 Å². The van der Waals surface area contributed by atoms with Gasteiger partial charge in [-0.15, -0.1) is 0 Å². The Kier molecular flexibility index (Phi) is 4.20. The molecule has 0 fully saturated rings. The van der Waals surface area contributed by atoms with E-state index in [1.54, 1.807) is 0 Å². The van der Waals surface area contributed by atoms with Gasteiger partial charge in [-0.2, -0.15) is 0 Å². The van der Waals surface area contributed by atoms with Crippen LogP contribution in [-0.4, -0.2) is 18.6 Å². The second-order valence-electron chi connectivity index (χ2n) is 4.58. The first-order valence-corrected chi connectivity index (χ1v) is 6.55. The van der Waals surface area contributed by atoms with Crippen LogP contribution in [0.5, 0.6) is 5.75 Å². The van der Waals surface area contributed by atoms with E-state index in [0.717, 1.165) is 37.2 Å². The van der Waals surface area contributed by atoms with Crippen LogP contribution in [0.25, 0.3) is 0 Å². The van der Waals surface area contributed by atoms with Crippen LogP contribution in [0.2, 0.25) is 0 Å². The van der Waals surface area contributed by atoms with E-state index < -0.39 is 0 Å². The van der Waals surface area contributed by atoms with Gasteiger partial charge in [0.15, 0.2) is 6.10 Å². The molecule has 18 heavy (non-hydrogen) atoms. The Morgan fingerprint density at radius 1 is 1.39 bits per heavy atom. The molecule has 3 N–H and O–H groups in total. The number of anilines is 1. The van der Waals surface area contributed by atoms with Gasteiger partial charge in [-0.05, 0) is 49.9 Å². The van der Waals surface area contributed by atoms with Crippen LogP contribution < -0.4 is 15.8 Å². The fourth-order valence-corrected chi connectivity index (χ4v) is 2.10. The molecule has 1 aromatic carbocycles. The van der Waals surface area contributed by atoms with E-state index in [-0.39, 0.29) is 12.0 Å². The summed E-state index contributed by atoms with van der Waals surface area (Å²) >= 11 is 0. The summed E-state index contributed by atoms with van der Waals surface area (Å²) in [5, 5.41) is 2.90. The summed E-state index contributed by atoms with van der Waals surface area (Å²) in [4.78, 5) is 11.7. The van der Waals surface area contributed by atoms with Crippen molar-refractivity contribution in [1.29, 1.82) is 0 Å². The van der Waals surface area contributed by atoms with Crippen LogP contribution in [0.1, 0.15) is 31.7 Å². The van der Waals surface area contributed by atoms with Gasteiger partial charge in [0.25, 0.3) is 5.91 Å². The Hall–Kier alpha value is -1.55. The molecule has 1 aliphatic heterocycles. The molecule has 0 bridgehead atoms. The predicted octanol–water partition coefficient (Wildman–Crippen LogP) is 2.08. The molecular weight excluding hydrogens is 228 g/mol. The Morgan fingerprint density at radius 3 is 2.94 bits per heavy atom. The smallest absolute Gasteiger partial charge is 0.265 e. The van der Waals surface area contributed by atoms with E-state index in [1.165, 1.54) is 5.56 Å². The molecule has 0 saturated carbocycles. The lowest BCUT2D eigenvalue weighted by Gasteiger charge is -2.25. The zero-order valence-electron chi connectivity index (χ0n) is 10.7. The molecule has 1 aromatic rings. The topological polar surface area (TPSA) is 64.3 Å². The average Bonchev–Trinajstić information content (AvgIpc) is 2.38. The quantitative estimate of drug-likeness (QED) is 0.784. The summed E-state index contributed by atoms with van der Waals surface area (Å²) in [6.07, 6.45) is 3.40.